The predicted octanol–water partition coefficient (Wildman–Crippen LogP) is 4.18. The molecule has 0 N–H and O–H groups in total. The maximum Gasteiger partial charge on any atom is 0.227 e. The van der Waals surface area contributed by atoms with Crippen molar-refractivity contribution >= 4 is 38.8 Å². The predicted molar refractivity (Wildman–Crippen MR) is 113 cm³/mol. The van der Waals surface area contributed by atoms with Crippen LogP contribution in [-0.2, 0) is 21.1 Å². The first-order valence-corrected chi connectivity index (χ1v) is 12.6. The lowest BCUT2D eigenvalue weighted by atomic mass is 10.1. The fourth-order valence-corrected chi connectivity index (χ4v) is 7.07. The Morgan fingerprint density at radius 2 is 1.96 bits per heavy atom. The Hall–Kier alpha value is -1.31. The Kier molecular flexibility index (Phi) is 6.65. The van der Waals surface area contributed by atoms with Crippen molar-refractivity contribution in [3.8, 4) is 0 Å². The standard InChI is InChI=1S/C20H25NO3S3/c1-15(2)26-17-7-5-16(6-8-17)14-20(22)21-10-9-19(18-4-3-12-25-18)27(23,24)13-11-21/h3-8,12,15,19H,9-11,13-14H2,1-2H3. The van der Waals surface area contributed by atoms with E-state index in [4.69, 9.17) is 0 Å². The molecule has 27 heavy (non-hydrogen) atoms. The molecule has 2 aromatic rings. The zero-order valence-corrected chi connectivity index (χ0v) is 18.1. The van der Waals surface area contributed by atoms with E-state index in [1.807, 2.05) is 41.8 Å². The number of sulfone groups is 1. The van der Waals surface area contributed by atoms with Crippen LogP contribution in [0.2, 0.25) is 0 Å². The lowest BCUT2D eigenvalue weighted by Gasteiger charge is -2.20. The molecule has 1 amide bonds. The van der Waals surface area contributed by atoms with E-state index in [-0.39, 0.29) is 18.2 Å². The molecule has 3 rings (SSSR count). The Morgan fingerprint density at radius 1 is 1.22 bits per heavy atom. The SMILES string of the molecule is CC(C)Sc1ccc(CC(=O)N2CCC(c3cccs3)S(=O)(=O)CC2)cc1. The summed E-state index contributed by atoms with van der Waals surface area (Å²) < 4.78 is 25.2. The average Bonchev–Trinajstić information content (AvgIpc) is 3.07. The van der Waals surface area contributed by atoms with Crippen LogP contribution >= 0.6 is 23.1 Å². The number of hydrogen-bond donors (Lipinski definition) is 0. The van der Waals surface area contributed by atoms with E-state index in [1.165, 1.54) is 16.2 Å². The molecule has 0 bridgehead atoms. The topological polar surface area (TPSA) is 54.5 Å². The van der Waals surface area contributed by atoms with Crippen molar-refractivity contribution in [2.75, 3.05) is 18.8 Å². The minimum absolute atomic E-state index is 0.00120. The summed E-state index contributed by atoms with van der Waals surface area (Å²) in [5, 5.41) is 1.94. The van der Waals surface area contributed by atoms with E-state index in [2.05, 4.69) is 13.8 Å². The van der Waals surface area contributed by atoms with Crippen molar-refractivity contribution < 1.29 is 13.2 Å². The molecule has 1 aliphatic heterocycles. The van der Waals surface area contributed by atoms with Crippen molar-refractivity contribution in [3.05, 3.63) is 52.2 Å². The van der Waals surface area contributed by atoms with Crippen molar-refractivity contribution in [2.45, 2.75) is 42.1 Å². The van der Waals surface area contributed by atoms with Gasteiger partial charge in [0, 0.05) is 28.1 Å². The summed E-state index contributed by atoms with van der Waals surface area (Å²) in [6.07, 6.45) is 0.787. The Morgan fingerprint density at radius 3 is 2.59 bits per heavy atom. The van der Waals surface area contributed by atoms with Crippen molar-refractivity contribution in [1.82, 2.24) is 4.90 Å². The van der Waals surface area contributed by atoms with Gasteiger partial charge >= 0.3 is 0 Å². The molecule has 1 saturated heterocycles. The lowest BCUT2D eigenvalue weighted by molar-refractivity contribution is -0.130. The molecule has 1 aliphatic rings. The summed E-state index contributed by atoms with van der Waals surface area (Å²) in [4.78, 5) is 16.5. The van der Waals surface area contributed by atoms with Gasteiger partial charge in [0.25, 0.3) is 0 Å². The highest BCUT2D eigenvalue weighted by atomic mass is 32.2. The van der Waals surface area contributed by atoms with Gasteiger partial charge in [-0.3, -0.25) is 4.79 Å². The summed E-state index contributed by atoms with van der Waals surface area (Å²) in [7, 11) is -3.23. The second-order valence-electron chi connectivity index (χ2n) is 7.03. The minimum atomic E-state index is -3.23. The lowest BCUT2D eigenvalue weighted by Crippen LogP contribution is -2.34. The number of hydrogen-bond acceptors (Lipinski definition) is 5. The fraction of sp³-hybridized carbons (Fsp3) is 0.450. The van der Waals surface area contributed by atoms with Crippen LogP contribution in [0, 0.1) is 0 Å². The molecule has 1 fully saturated rings. The summed E-state index contributed by atoms with van der Waals surface area (Å²) in [6.45, 7) is 5.07. The molecule has 1 aromatic carbocycles. The van der Waals surface area contributed by atoms with Crippen LogP contribution in [0.15, 0.2) is 46.7 Å². The molecule has 0 aliphatic carbocycles. The van der Waals surface area contributed by atoms with Crippen LogP contribution in [0.5, 0.6) is 0 Å². The van der Waals surface area contributed by atoms with Gasteiger partial charge in [0.15, 0.2) is 9.84 Å². The molecular weight excluding hydrogens is 398 g/mol. The fourth-order valence-electron chi connectivity index (χ4n) is 3.23. The average molecular weight is 424 g/mol. The molecule has 1 atom stereocenters. The number of carbonyl (C=O) groups is 1. The summed E-state index contributed by atoms with van der Waals surface area (Å²) in [6, 6.07) is 11.8. The van der Waals surface area contributed by atoms with Crippen LogP contribution < -0.4 is 0 Å². The van der Waals surface area contributed by atoms with Gasteiger partial charge in [-0.2, -0.15) is 0 Å². The largest absolute Gasteiger partial charge is 0.341 e. The number of benzene rings is 1. The van der Waals surface area contributed by atoms with E-state index in [0.29, 0.717) is 24.6 Å². The second kappa shape index (κ2) is 8.80. The van der Waals surface area contributed by atoms with Gasteiger partial charge in [-0.05, 0) is 35.6 Å². The molecular formula is C20H25NO3S3. The molecule has 0 radical (unpaired) electrons. The first-order valence-electron chi connectivity index (χ1n) is 9.13. The Balaban J connectivity index is 1.64. The van der Waals surface area contributed by atoms with Gasteiger partial charge in [0.2, 0.25) is 5.91 Å². The number of thiophene rings is 1. The highest BCUT2D eigenvalue weighted by Gasteiger charge is 2.33. The van der Waals surface area contributed by atoms with Crippen molar-refractivity contribution in [3.63, 3.8) is 0 Å². The van der Waals surface area contributed by atoms with Crippen LogP contribution in [0.1, 0.15) is 36.0 Å². The van der Waals surface area contributed by atoms with Crippen LogP contribution in [0.25, 0.3) is 0 Å². The molecule has 1 unspecified atom stereocenters. The first kappa shape index (κ1) is 20.4. The number of nitrogens with zero attached hydrogens (tertiary/aromatic N) is 1. The van der Waals surface area contributed by atoms with Crippen LogP contribution in [0.4, 0.5) is 0 Å². The molecule has 2 heterocycles. The number of amides is 1. The highest BCUT2D eigenvalue weighted by molar-refractivity contribution is 7.99. The highest BCUT2D eigenvalue weighted by Crippen LogP contribution is 2.32. The maximum atomic E-state index is 12.7. The van der Waals surface area contributed by atoms with E-state index >= 15 is 0 Å². The molecule has 146 valence electrons. The smallest absolute Gasteiger partial charge is 0.227 e. The number of thioether (sulfide) groups is 1. The third kappa shape index (κ3) is 5.36. The normalized spacial score (nSPS) is 19.8. The van der Waals surface area contributed by atoms with Crippen LogP contribution in [0.3, 0.4) is 0 Å². The molecule has 0 spiro atoms. The summed E-state index contributed by atoms with van der Waals surface area (Å²) in [5.41, 5.74) is 0.968. The van der Waals surface area contributed by atoms with Crippen molar-refractivity contribution in [1.29, 1.82) is 0 Å². The minimum Gasteiger partial charge on any atom is -0.341 e. The van der Waals surface area contributed by atoms with Gasteiger partial charge in [0.05, 0.1) is 17.4 Å². The first-order chi connectivity index (χ1) is 12.8. The van der Waals surface area contributed by atoms with Gasteiger partial charge < -0.3 is 4.90 Å². The third-order valence-corrected chi connectivity index (χ3v) is 8.86. The van der Waals surface area contributed by atoms with Gasteiger partial charge in [-0.1, -0.05) is 32.0 Å². The third-order valence-electron chi connectivity index (χ3n) is 4.60. The quantitative estimate of drug-likeness (QED) is 0.677. The van der Waals surface area contributed by atoms with Gasteiger partial charge in [0.1, 0.15) is 0 Å². The Bertz CT molecular complexity index is 858. The zero-order valence-electron chi connectivity index (χ0n) is 15.6. The summed E-state index contributed by atoms with van der Waals surface area (Å²) in [5.74, 6) is 0.0342. The van der Waals surface area contributed by atoms with E-state index < -0.39 is 15.1 Å². The molecule has 1 aromatic heterocycles. The van der Waals surface area contributed by atoms with E-state index in [0.717, 1.165) is 10.4 Å². The second-order valence-corrected chi connectivity index (χ2v) is 12.0. The van der Waals surface area contributed by atoms with Gasteiger partial charge in [-0.15, -0.1) is 23.1 Å². The van der Waals surface area contributed by atoms with Gasteiger partial charge in [-0.25, -0.2) is 8.42 Å². The molecule has 0 saturated carbocycles. The summed E-state index contributed by atoms with van der Waals surface area (Å²) >= 11 is 3.27. The monoisotopic (exact) mass is 423 g/mol. The maximum absolute atomic E-state index is 12.7. The molecule has 4 nitrogen and oxygen atoms in total. The Labute approximate surface area is 169 Å². The molecule has 7 heteroatoms. The zero-order chi connectivity index (χ0) is 19.4. The van der Waals surface area contributed by atoms with Crippen LogP contribution in [-0.4, -0.2) is 43.3 Å². The number of carbonyl (C=O) groups excluding carboxylic acids is 1. The number of rotatable bonds is 5. The van der Waals surface area contributed by atoms with Crippen molar-refractivity contribution in [2.24, 2.45) is 0 Å². The van der Waals surface area contributed by atoms with E-state index in [1.54, 1.807) is 16.7 Å². The van der Waals surface area contributed by atoms with E-state index in [9.17, 15) is 13.2 Å².